The highest BCUT2D eigenvalue weighted by atomic mass is 14.7. The third kappa shape index (κ3) is 1.94. The van der Waals surface area contributed by atoms with E-state index in [2.05, 4.69) is 24.0 Å². The van der Waals surface area contributed by atoms with E-state index in [-0.39, 0.29) is 0 Å². The van der Waals surface area contributed by atoms with Crippen LogP contribution in [0.2, 0.25) is 0 Å². The molecule has 0 atom stereocenters. The van der Waals surface area contributed by atoms with Crippen LogP contribution in [0.3, 0.4) is 0 Å². The van der Waals surface area contributed by atoms with Crippen molar-refractivity contribution in [2.45, 2.75) is 6.92 Å². The first-order valence-corrected chi connectivity index (χ1v) is 3.73. The Hall–Kier alpha value is -1.59. The number of aliphatic imine (C=N–C) groups is 1. The largest absolute Gasteiger partial charge is 0.207 e. The van der Waals surface area contributed by atoms with Gasteiger partial charge in [0.2, 0.25) is 0 Å². The molecule has 1 aromatic carbocycles. The molecule has 0 aromatic heterocycles. The van der Waals surface area contributed by atoms with E-state index in [0.717, 1.165) is 5.56 Å². The minimum atomic E-state index is 0.699. The molecule has 0 aliphatic rings. The van der Waals surface area contributed by atoms with Gasteiger partial charge in [-0.2, -0.15) is 0 Å². The SMILES string of the molecule is C=C=NC(=C)c1ccc(C)cc1. The lowest BCUT2D eigenvalue weighted by Crippen LogP contribution is -1.78. The standard InChI is InChI=1S/C11H11N/c1-4-12-10(3)11-7-5-9(2)6-8-11/h5-8H,1,3H2,2H3. The maximum absolute atomic E-state index is 3.87. The molecule has 0 fully saturated rings. The fourth-order valence-corrected chi connectivity index (χ4v) is 0.906. The van der Waals surface area contributed by atoms with Crippen LogP contribution in [0, 0.1) is 6.92 Å². The lowest BCUT2D eigenvalue weighted by molar-refractivity contribution is 1.44. The molecular weight excluding hydrogens is 146 g/mol. The van der Waals surface area contributed by atoms with Crippen molar-refractivity contribution in [3.05, 3.63) is 48.6 Å². The first kappa shape index (κ1) is 8.51. The van der Waals surface area contributed by atoms with Gasteiger partial charge in [0.05, 0.1) is 5.70 Å². The molecule has 0 bridgehead atoms. The lowest BCUT2D eigenvalue weighted by atomic mass is 10.1. The van der Waals surface area contributed by atoms with Crippen LogP contribution in [0.4, 0.5) is 0 Å². The third-order valence-electron chi connectivity index (χ3n) is 1.60. The van der Waals surface area contributed by atoms with E-state index in [1.165, 1.54) is 5.56 Å². The molecule has 0 unspecified atom stereocenters. The summed E-state index contributed by atoms with van der Waals surface area (Å²) in [4.78, 5) is 3.87. The molecule has 1 nitrogen and oxygen atoms in total. The summed E-state index contributed by atoms with van der Waals surface area (Å²) >= 11 is 0. The van der Waals surface area contributed by atoms with Gasteiger partial charge in [0, 0.05) is 5.56 Å². The van der Waals surface area contributed by atoms with Crippen molar-refractivity contribution >= 4 is 11.6 Å². The van der Waals surface area contributed by atoms with Crippen LogP contribution < -0.4 is 0 Å². The molecule has 0 heterocycles. The Morgan fingerprint density at radius 1 is 1.33 bits per heavy atom. The van der Waals surface area contributed by atoms with Gasteiger partial charge in [0.15, 0.2) is 0 Å². The first-order chi connectivity index (χ1) is 5.74. The van der Waals surface area contributed by atoms with Gasteiger partial charge in [-0.1, -0.05) is 36.4 Å². The minimum Gasteiger partial charge on any atom is -0.207 e. The van der Waals surface area contributed by atoms with Crippen molar-refractivity contribution in [1.29, 1.82) is 0 Å². The van der Waals surface area contributed by atoms with Gasteiger partial charge in [0.25, 0.3) is 0 Å². The molecule has 12 heavy (non-hydrogen) atoms. The first-order valence-electron chi connectivity index (χ1n) is 3.73. The van der Waals surface area contributed by atoms with Crippen LogP contribution in [0.5, 0.6) is 0 Å². The highest BCUT2D eigenvalue weighted by Gasteiger charge is 1.93. The zero-order chi connectivity index (χ0) is 8.97. The van der Waals surface area contributed by atoms with Gasteiger partial charge in [-0.25, -0.2) is 4.99 Å². The van der Waals surface area contributed by atoms with Crippen molar-refractivity contribution in [2.24, 2.45) is 4.99 Å². The molecular formula is C11H11N. The van der Waals surface area contributed by atoms with Gasteiger partial charge in [-0.3, -0.25) is 0 Å². The Bertz CT molecular complexity index is 327. The molecule has 1 rings (SSSR count). The zero-order valence-electron chi connectivity index (χ0n) is 7.17. The number of aryl methyl sites for hydroxylation is 1. The van der Waals surface area contributed by atoms with Crippen LogP contribution in [-0.2, 0) is 0 Å². The highest BCUT2D eigenvalue weighted by molar-refractivity contribution is 5.69. The van der Waals surface area contributed by atoms with Crippen molar-refractivity contribution in [3.63, 3.8) is 0 Å². The van der Waals surface area contributed by atoms with E-state index >= 15 is 0 Å². The summed E-state index contributed by atoms with van der Waals surface area (Å²) in [5.41, 5.74) is 2.94. The number of nitrogens with zero attached hydrogens (tertiary/aromatic N) is 1. The van der Waals surface area contributed by atoms with Crippen LogP contribution in [0.1, 0.15) is 11.1 Å². The Balaban J connectivity index is 2.97. The summed E-state index contributed by atoms with van der Waals surface area (Å²) in [5.74, 6) is 2.46. The minimum absolute atomic E-state index is 0.699. The van der Waals surface area contributed by atoms with Gasteiger partial charge >= 0.3 is 0 Å². The number of rotatable bonds is 2. The van der Waals surface area contributed by atoms with E-state index in [1.54, 1.807) is 0 Å². The van der Waals surface area contributed by atoms with E-state index in [1.807, 2.05) is 31.2 Å². The van der Waals surface area contributed by atoms with E-state index in [9.17, 15) is 0 Å². The van der Waals surface area contributed by atoms with Crippen LogP contribution in [0.25, 0.3) is 5.70 Å². The highest BCUT2D eigenvalue weighted by Crippen LogP contribution is 2.13. The predicted molar refractivity (Wildman–Crippen MR) is 53.3 cm³/mol. The number of hydrogen-bond acceptors (Lipinski definition) is 1. The smallest absolute Gasteiger partial charge is 0.0730 e. The molecule has 0 saturated carbocycles. The van der Waals surface area contributed by atoms with Crippen molar-refractivity contribution < 1.29 is 0 Å². The van der Waals surface area contributed by atoms with Crippen molar-refractivity contribution in [2.75, 3.05) is 0 Å². The number of benzene rings is 1. The molecule has 0 radical (unpaired) electrons. The second kappa shape index (κ2) is 3.70. The van der Waals surface area contributed by atoms with Gasteiger partial charge in [-0.05, 0) is 19.4 Å². The molecule has 0 saturated heterocycles. The average Bonchev–Trinajstić information content (AvgIpc) is 2.06. The summed E-state index contributed by atoms with van der Waals surface area (Å²) in [6, 6.07) is 8.02. The maximum Gasteiger partial charge on any atom is 0.0730 e. The second-order valence-corrected chi connectivity index (χ2v) is 2.58. The zero-order valence-corrected chi connectivity index (χ0v) is 7.17. The van der Waals surface area contributed by atoms with Crippen LogP contribution >= 0.6 is 0 Å². The monoisotopic (exact) mass is 157 g/mol. The van der Waals surface area contributed by atoms with E-state index < -0.39 is 0 Å². The molecule has 0 N–H and O–H groups in total. The third-order valence-corrected chi connectivity index (χ3v) is 1.60. The van der Waals surface area contributed by atoms with Crippen molar-refractivity contribution in [3.8, 4) is 0 Å². The average molecular weight is 157 g/mol. The normalized spacial score (nSPS) is 8.75. The predicted octanol–water partition coefficient (Wildman–Crippen LogP) is 2.82. The molecule has 0 aliphatic heterocycles. The topological polar surface area (TPSA) is 12.4 Å². The Morgan fingerprint density at radius 3 is 2.42 bits per heavy atom. The van der Waals surface area contributed by atoms with Crippen LogP contribution in [-0.4, -0.2) is 5.87 Å². The summed E-state index contributed by atoms with van der Waals surface area (Å²) in [5, 5.41) is 0. The molecule has 0 amide bonds. The lowest BCUT2D eigenvalue weighted by Gasteiger charge is -1.98. The Morgan fingerprint density at radius 2 is 1.92 bits per heavy atom. The molecule has 60 valence electrons. The van der Waals surface area contributed by atoms with Gasteiger partial charge < -0.3 is 0 Å². The molecule has 0 aliphatic carbocycles. The molecule has 1 heteroatoms. The van der Waals surface area contributed by atoms with Gasteiger partial charge in [0.1, 0.15) is 0 Å². The molecule has 0 spiro atoms. The second-order valence-electron chi connectivity index (χ2n) is 2.58. The van der Waals surface area contributed by atoms with Gasteiger partial charge in [-0.15, -0.1) is 0 Å². The fourth-order valence-electron chi connectivity index (χ4n) is 0.906. The Kier molecular flexibility index (Phi) is 2.62. The fraction of sp³-hybridized carbons (Fsp3) is 0.0909. The summed E-state index contributed by atoms with van der Waals surface area (Å²) in [6.07, 6.45) is 0. The number of hydrogen-bond donors (Lipinski definition) is 0. The Labute approximate surface area is 72.8 Å². The van der Waals surface area contributed by atoms with E-state index in [4.69, 9.17) is 0 Å². The summed E-state index contributed by atoms with van der Waals surface area (Å²) in [7, 11) is 0. The van der Waals surface area contributed by atoms with Crippen LogP contribution in [0.15, 0.2) is 42.4 Å². The maximum atomic E-state index is 3.87. The quantitative estimate of drug-likeness (QED) is 0.585. The molecule has 1 aromatic rings. The van der Waals surface area contributed by atoms with E-state index in [0.29, 0.717) is 5.70 Å². The van der Waals surface area contributed by atoms with Crippen molar-refractivity contribution in [1.82, 2.24) is 0 Å². The summed E-state index contributed by atoms with van der Waals surface area (Å²) < 4.78 is 0. The summed E-state index contributed by atoms with van der Waals surface area (Å²) in [6.45, 7) is 9.21.